The Labute approximate surface area is 116 Å². The van der Waals surface area contributed by atoms with Gasteiger partial charge in [0.15, 0.2) is 0 Å². The SMILES string of the molecule is CCOCCCNS(=O)(=O)c1ccc(C(N)=S)s1. The normalized spacial score (nSPS) is 11.6. The third-order valence-corrected chi connectivity index (χ3v) is 5.47. The molecule has 3 N–H and O–H groups in total. The van der Waals surface area contributed by atoms with Gasteiger partial charge in [-0.3, -0.25) is 0 Å². The molecule has 0 saturated heterocycles. The summed E-state index contributed by atoms with van der Waals surface area (Å²) in [6, 6.07) is 3.12. The van der Waals surface area contributed by atoms with Crippen molar-refractivity contribution < 1.29 is 13.2 Å². The van der Waals surface area contributed by atoms with Crippen LogP contribution in [0.2, 0.25) is 0 Å². The topological polar surface area (TPSA) is 81.4 Å². The van der Waals surface area contributed by atoms with Crippen LogP contribution in [0.1, 0.15) is 18.2 Å². The van der Waals surface area contributed by atoms with Gasteiger partial charge >= 0.3 is 0 Å². The van der Waals surface area contributed by atoms with Gasteiger partial charge in [-0.1, -0.05) is 12.2 Å². The molecule has 0 aliphatic carbocycles. The molecule has 1 aromatic rings. The Morgan fingerprint density at radius 2 is 2.28 bits per heavy atom. The minimum atomic E-state index is -3.46. The van der Waals surface area contributed by atoms with Crippen LogP contribution in [-0.4, -0.2) is 33.2 Å². The molecule has 0 bridgehead atoms. The van der Waals surface area contributed by atoms with Gasteiger partial charge in [0, 0.05) is 19.8 Å². The second-order valence-electron chi connectivity index (χ2n) is 3.43. The van der Waals surface area contributed by atoms with E-state index >= 15 is 0 Å². The van der Waals surface area contributed by atoms with Crippen LogP contribution in [0.15, 0.2) is 16.3 Å². The Morgan fingerprint density at radius 1 is 1.56 bits per heavy atom. The molecule has 0 fully saturated rings. The average molecular weight is 308 g/mol. The van der Waals surface area contributed by atoms with Crippen LogP contribution in [0.5, 0.6) is 0 Å². The molecular weight excluding hydrogens is 292 g/mol. The van der Waals surface area contributed by atoms with Crippen molar-refractivity contribution >= 4 is 38.6 Å². The molecule has 8 heteroatoms. The van der Waals surface area contributed by atoms with Crippen LogP contribution in [0.4, 0.5) is 0 Å². The predicted octanol–water partition coefficient (Wildman–Crippen LogP) is 1.09. The largest absolute Gasteiger partial charge is 0.389 e. The van der Waals surface area contributed by atoms with Crippen molar-refractivity contribution in [2.24, 2.45) is 5.73 Å². The maximum absolute atomic E-state index is 11.9. The van der Waals surface area contributed by atoms with Gasteiger partial charge in [0.1, 0.15) is 9.20 Å². The number of thiophene rings is 1. The number of sulfonamides is 1. The summed E-state index contributed by atoms with van der Waals surface area (Å²) in [5, 5.41) is 0. The third kappa shape index (κ3) is 4.62. The van der Waals surface area contributed by atoms with Gasteiger partial charge < -0.3 is 10.5 Å². The molecule has 0 atom stereocenters. The third-order valence-electron chi connectivity index (χ3n) is 2.05. The maximum atomic E-state index is 11.9. The number of hydrogen-bond donors (Lipinski definition) is 2. The number of nitrogens with one attached hydrogen (secondary N) is 1. The van der Waals surface area contributed by atoms with E-state index < -0.39 is 10.0 Å². The molecular formula is C10H16N2O3S3. The van der Waals surface area contributed by atoms with Crippen LogP contribution < -0.4 is 10.5 Å². The summed E-state index contributed by atoms with van der Waals surface area (Å²) in [5.74, 6) is 0. The summed E-state index contributed by atoms with van der Waals surface area (Å²) in [4.78, 5) is 0.803. The minimum Gasteiger partial charge on any atom is -0.389 e. The smallest absolute Gasteiger partial charge is 0.250 e. The molecule has 18 heavy (non-hydrogen) atoms. The van der Waals surface area contributed by atoms with Gasteiger partial charge in [0.05, 0.1) is 4.88 Å². The zero-order valence-corrected chi connectivity index (χ0v) is 12.5. The van der Waals surface area contributed by atoms with Crippen molar-refractivity contribution in [2.45, 2.75) is 17.6 Å². The summed E-state index contributed by atoms with van der Waals surface area (Å²) < 4.78 is 31.6. The lowest BCUT2D eigenvalue weighted by Crippen LogP contribution is -2.24. The first kappa shape index (κ1) is 15.5. The zero-order chi connectivity index (χ0) is 13.6. The van der Waals surface area contributed by atoms with Gasteiger partial charge in [-0.2, -0.15) is 0 Å². The number of nitrogens with two attached hydrogens (primary N) is 1. The van der Waals surface area contributed by atoms with Crippen molar-refractivity contribution in [1.29, 1.82) is 0 Å². The van der Waals surface area contributed by atoms with Crippen molar-refractivity contribution in [2.75, 3.05) is 19.8 Å². The van der Waals surface area contributed by atoms with Gasteiger partial charge in [-0.15, -0.1) is 11.3 Å². The van der Waals surface area contributed by atoms with Crippen molar-refractivity contribution in [3.8, 4) is 0 Å². The van der Waals surface area contributed by atoms with E-state index in [1.807, 2.05) is 6.92 Å². The first-order valence-electron chi connectivity index (χ1n) is 5.44. The van der Waals surface area contributed by atoms with E-state index in [-0.39, 0.29) is 9.20 Å². The summed E-state index contributed by atoms with van der Waals surface area (Å²) >= 11 is 5.86. The Bertz CT molecular complexity index is 496. The van der Waals surface area contributed by atoms with E-state index in [4.69, 9.17) is 22.7 Å². The molecule has 1 heterocycles. The standard InChI is InChI=1S/C10H16N2O3S3/c1-2-15-7-3-6-12-18(13,14)9-5-4-8(17-9)10(11)16/h4-5,12H,2-3,6-7H2,1H3,(H2,11,16). The molecule has 0 unspecified atom stereocenters. The van der Waals surface area contributed by atoms with Crippen molar-refractivity contribution in [3.05, 3.63) is 17.0 Å². The maximum Gasteiger partial charge on any atom is 0.250 e. The van der Waals surface area contributed by atoms with Crippen molar-refractivity contribution in [3.63, 3.8) is 0 Å². The highest BCUT2D eigenvalue weighted by Crippen LogP contribution is 2.21. The fourth-order valence-electron chi connectivity index (χ4n) is 1.19. The highest BCUT2D eigenvalue weighted by Gasteiger charge is 2.16. The van der Waals surface area contributed by atoms with Gasteiger partial charge in [0.25, 0.3) is 0 Å². The molecule has 0 aliphatic heterocycles. The Hall–Kier alpha value is -0.540. The molecule has 102 valence electrons. The van der Waals surface area contributed by atoms with Crippen LogP contribution in [0, 0.1) is 0 Å². The molecule has 0 aromatic carbocycles. The number of hydrogen-bond acceptors (Lipinski definition) is 5. The predicted molar refractivity (Wildman–Crippen MR) is 76.5 cm³/mol. The second kappa shape index (κ2) is 7.15. The molecule has 0 aliphatic rings. The number of rotatable bonds is 8. The Balaban J connectivity index is 2.54. The highest BCUT2D eigenvalue weighted by molar-refractivity contribution is 7.91. The summed E-state index contributed by atoms with van der Waals surface area (Å²) in [7, 11) is -3.46. The number of thiocarbonyl (C=S) groups is 1. The molecule has 0 spiro atoms. The minimum absolute atomic E-state index is 0.206. The van der Waals surface area contributed by atoms with E-state index in [2.05, 4.69) is 4.72 Å². The van der Waals surface area contributed by atoms with Crippen LogP contribution in [-0.2, 0) is 14.8 Å². The highest BCUT2D eigenvalue weighted by atomic mass is 32.2. The van der Waals surface area contributed by atoms with Crippen molar-refractivity contribution in [1.82, 2.24) is 4.72 Å². The Morgan fingerprint density at radius 3 is 2.83 bits per heavy atom. The lowest BCUT2D eigenvalue weighted by atomic mass is 10.5. The van der Waals surface area contributed by atoms with E-state index in [9.17, 15) is 8.42 Å². The summed E-state index contributed by atoms with van der Waals surface area (Å²) in [6.07, 6.45) is 0.639. The fraction of sp³-hybridized carbons (Fsp3) is 0.500. The molecule has 1 aromatic heterocycles. The van der Waals surface area contributed by atoms with E-state index in [1.165, 1.54) is 6.07 Å². The summed E-state index contributed by atoms with van der Waals surface area (Å²) in [5.41, 5.74) is 5.44. The molecule has 1 rings (SSSR count). The molecule has 0 radical (unpaired) electrons. The molecule has 0 saturated carbocycles. The first-order chi connectivity index (χ1) is 8.47. The fourth-order valence-corrected chi connectivity index (χ4v) is 3.66. The molecule has 0 amide bonds. The van der Waals surface area contributed by atoms with Crippen LogP contribution >= 0.6 is 23.6 Å². The van der Waals surface area contributed by atoms with E-state index in [0.717, 1.165) is 11.3 Å². The zero-order valence-electron chi connectivity index (χ0n) is 10.0. The van der Waals surface area contributed by atoms with E-state index in [1.54, 1.807) is 6.07 Å². The lowest BCUT2D eigenvalue weighted by Gasteiger charge is -2.04. The van der Waals surface area contributed by atoms with Gasteiger partial charge in [-0.25, -0.2) is 13.1 Å². The average Bonchev–Trinajstić information content (AvgIpc) is 2.78. The van der Waals surface area contributed by atoms with E-state index in [0.29, 0.717) is 31.1 Å². The quantitative estimate of drug-likeness (QED) is 0.555. The lowest BCUT2D eigenvalue weighted by molar-refractivity contribution is 0.146. The van der Waals surface area contributed by atoms with Gasteiger partial charge in [-0.05, 0) is 25.5 Å². The van der Waals surface area contributed by atoms with Gasteiger partial charge in [0.2, 0.25) is 10.0 Å². The number of ether oxygens (including phenoxy) is 1. The first-order valence-corrected chi connectivity index (χ1v) is 8.15. The van der Waals surface area contributed by atoms with Crippen LogP contribution in [0.3, 0.4) is 0 Å². The monoisotopic (exact) mass is 308 g/mol. The Kier molecular flexibility index (Phi) is 6.16. The van der Waals surface area contributed by atoms with Crippen LogP contribution in [0.25, 0.3) is 0 Å². The summed E-state index contributed by atoms with van der Waals surface area (Å²) in [6.45, 7) is 3.42. The second-order valence-corrected chi connectivity index (χ2v) is 6.95. The molecule has 5 nitrogen and oxygen atoms in total.